The summed E-state index contributed by atoms with van der Waals surface area (Å²) in [5.74, 6) is 0.446. The van der Waals surface area contributed by atoms with Crippen molar-refractivity contribution in [1.29, 1.82) is 0 Å². The van der Waals surface area contributed by atoms with Crippen LogP contribution < -0.4 is 11.1 Å². The summed E-state index contributed by atoms with van der Waals surface area (Å²) in [4.78, 5) is 25.4. The van der Waals surface area contributed by atoms with Gasteiger partial charge in [-0.15, -0.1) is 12.4 Å². The molecular weight excluding hydrogens is 334 g/mol. The lowest BCUT2D eigenvalue weighted by Gasteiger charge is -2.21. The number of nitrogens with zero attached hydrogens (tertiary/aromatic N) is 1. The number of amides is 2. The van der Waals surface area contributed by atoms with Crippen LogP contribution in [-0.2, 0) is 4.79 Å². The first-order valence-corrected chi connectivity index (χ1v) is 8.66. The van der Waals surface area contributed by atoms with Crippen LogP contribution in [0, 0.1) is 5.92 Å². The van der Waals surface area contributed by atoms with E-state index in [4.69, 9.17) is 5.73 Å². The highest BCUT2D eigenvalue weighted by Crippen LogP contribution is 2.06. The van der Waals surface area contributed by atoms with Crippen molar-refractivity contribution in [2.45, 2.75) is 39.2 Å². The van der Waals surface area contributed by atoms with E-state index in [9.17, 15) is 9.59 Å². The van der Waals surface area contributed by atoms with Crippen molar-refractivity contribution in [3.63, 3.8) is 0 Å². The Morgan fingerprint density at radius 1 is 1.39 bits per heavy atom. The second-order valence-corrected chi connectivity index (χ2v) is 6.66. The topological polar surface area (TPSA) is 75.4 Å². The largest absolute Gasteiger partial charge is 0.352 e. The highest BCUT2D eigenvalue weighted by Gasteiger charge is 2.13. The van der Waals surface area contributed by atoms with Gasteiger partial charge in [0.25, 0.3) is 5.91 Å². The average molecular weight is 362 g/mol. The molecule has 5 nitrogen and oxygen atoms in total. The van der Waals surface area contributed by atoms with Gasteiger partial charge < -0.3 is 16.0 Å². The van der Waals surface area contributed by atoms with Crippen molar-refractivity contribution in [3.8, 4) is 0 Å². The minimum absolute atomic E-state index is 0. The summed E-state index contributed by atoms with van der Waals surface area (Å²) >= 11 is 1.49. The molecule has 23 heavy (non-hydrogen) atoms. The maximum Gasteiger partial charge on any atom is 0.252 e. The number of nitrogens with two attached hydrogens (primary N) is 1. The molecule has 0 aromatic carbocycles. The molecule has 1 aromatic heterocycles. The lowest BCUT2D eigenvalue weighted by molar-refractivity contribution is -0.130. The van der Waals surface area contributed by atoms with Crippen molar-refractivity contribution in [3.05, 3.63) is 22.4 Å². The van der Waals surface area contributed by atoms with Crippen LogP contribution in [0.4, 0.5) is 0 Å². The number of hydrogen-bond donors (Lipinski definition) is 2. The number of hydrogen-bond acceptors (Lipinski definition) is 4. The van der Waals surface area contributed by atoms with Crippen molar-refractivity contribution < 1.29 is 9.59 Å². The molecule has 1 atom stereocenters. The first-order chi connectivity index (χ1) is 10.4. The highest BCUT2D eigenvalue weighted by molar-refractivity contribution is 7.08. The van der Waals surface area contributed by atoms with Crippen molar-refractivity contribution >= 4 is 35.6 Å². The first kappa shape index (κ1) is 21.9. The Morgan fingerprint density at radius 3 is 2.65 bits per heavy atom. The maximum atomic E-state index is 12.0. The summed E-state index contributed by atoms with van der Waals surface area (Å²) in [5, 5.41) is 6.50. The molecule has 1 heterocycles. The molecule has 0 bridgehead atoms. The SMILES string of the molecule is CC(C)C(N)CCN(C)C(=O)CCCNC(=O)c1ccsc1.Cl. The van der Waals surface area contributed by atoms with Crippen LogP contribution in [0.2, 0.25) is 0 Å². The Kier molecular flexibility index (Phi) is 10.9. The Labute approximate surface area is 149 Å². The summed E-state index contributed by atoms with van der Waals surface area (Å²) < 4.78 is 0. The summed E-state index contributed by atoms with van der Waals surface area (Å²) in [5.41, 5.74) is 6.66. The van der Waals surface area contributed by atoms with Gasteiger partial charge in [0.05, 0.1) is 0 Å². The molecule has 1 rings (SSSR count). The van der Waals surface area contributed by atoms with E-state index in [1.54, 1.807) is 18.0 Å². The molecule has 0 saturated carbocycles. The van der Waals surface area contributed by atoms with Crippen LogP contribution in [0.3, 0.4) is 0 Å². The normalized spacial score (nSPS) is 11.7. The van der Waals surface area contributed by atoms with E-state index in [0.29, 0.717) is 37.4 Å². The maximum absolute atomic E-state index is 12.0. The van der Waals surface area contributed by atoms with Crippen molar-refractivity contribution in [2.24, 2.45) is 11.7 Å². The summed E-state index contributed by atoms with van der Waals surface area (Å²) in [6.45, 7) is 5.37. The Balaban J connectivity index is 0.00000484. The van der Waals surface area contributed by atoms with Gasteiger partial charge in [-0.25, -0.2) is 0 Å². The summed E-state index contributed by atoms with van der Waals surface area (Å²) in [6, 6.07) is 1.91. The van der Waals surface area contributed by atoms with Gasteiger partial charge in [0, 0.05) is 43.5 Å². The Hall–Kier alpha value is -1.11. The predicted molar refractivity (Wildman–Crippen MR) is 98.2 cm³/mol. The van der Waals surface area contributed by atoms with Gasteiger partial charge in [-0.2, -0.15) is 11.3 Å². The lowest BCUT2D eigenvalue weighted by atomic mass is 10.0. The lowest BCUT2D eigenvalue weighted by Crippen LogP contribution is -2.35. The number of rotatable bonds is 9. The predicted octanol–water partition coefficient (Wildman–Crippen LogP) is 2.51. The minimum atomic E-state index is -0.0787. The molecular formula is C16H28ClN3O2S. The molecule has 0 spiro atoms. The molecule has 2 amide bonds. The molecule has 3 N–H and O–H groups in total. The van der Waals surface area contributed by atoms with E-state index in [0.717, 1.165) is 6.42 Å². The van der Waals surface area contributed by atoms with Crippen molar-refractivity contribution in [1.82, 2.24) is 10.2 Å². The summed E-state index contributed by atoms with van der Waals surface area (Å²) in [6.07, 6.45) is 1.90. The summed E-state index contributed by atoms with van der Waals surface area (Å²) in [7, 11) is 1.80. The van der Waals surface area contributed by atoms with Crippen LogP contribution in [0.1, 0.15) is 43.5 Å². The van der Waals surface area contributed by atoms with E-state index < -0.39 is 0 Å². The van der Waals surface area contributed by atoms with Crippen LogP contribution in [0.25, 0.3) is 0 Å². The molecule has 1 unspecified atom stereocenters. The molecule has 132 valence electrons. The monoisotopic (exact) mass is 361 g/mol. The number of carbonyl (C=O) groups is 2. The van der Waals surface area contributed by atoms with E-state index >= 15 is 0 Å². The van der Waals surface area contributed by atoms with Gasteiger partial charge in [0.2, 0.25) is 5.91 Å². The molecule has 0 radical (unpaired) electrons. The zero-order valence-electron chi connectivity index (χ0n) is 14.1. The fourth-order valence-electron chi connectivity index (χ4n) is 1.93. The second-order valence-electron chi connectivity index (χ2n) is 5.88. The Morgan fingerprint density at radius 2 is 2.09 bits per heavy atom. The van der Waals surface area contributed by atoms with E-state index in [2.05, 4.69) is 19.2 Å². The number of halogens is 1. The van der Waals surface area contributed by atoms with Gasteiger partial charge in [-0.1, -0.05) is 13.8 Å². The molecule has 1 aromatic rings. The fourth-order valence-corrected chi connectivity index (χ4v) is 2.56. The number of nitrogens with one attached hydrogen (secondary N) is 1. The average Bonchev–Trinajstić information content (AvgIpc) is 3.02. The number of thiophene rings is 1. The molecule has 0 aliphatic heterocycles. The third-order valence-corrected chi connectivity index (χ3v) is 4.40. The fraction of sp³-hybridized carbons (Fsp3) is 0.625. The van der Waals surface area contributed by atoms with E-state index in [1.165, 1.54) is 11.3 Å². The van der Waals surface area contributed by atoms with E-state index in [1.807, 2.05) is 10.8 Å². The van der Waals surface area contributed by atoms with Crippen molar-refractivity contribution in [2.75, 3.05) is 20.1 Å². The van der Waals surface area contributed by atoms with Crippen LogP contribution in [-0.4, -0.2) is 42.9 Å². The first-order valence-electron chi connectivity index (χ1n) is 7.71. The molecule has 0 aliphatic rings. The third kappa shape index (κ3) is 8.34. The standard InChI is InChI=1S/C16H27N3O2S.ClH/c1-12(2)14(17)6-9-19(3)15(20)5-4-8-18-16(21)13-7-10-22-11-13;/h7,10-12,14H,4-6,8-9,17H2,1-3H3,(H,18,21);1H. The van der Waals surface area contributed by atoms with Gasteiger partial charge in [0.1, 0.15) is 0 Å². The molecule has 7 heteroatoms. The third-order valence-electron chi connectivity index (χ3n) is 3.72. The minimum Gasteiger partial charge on any atom is -0.352 e. The Bertz CT molecular complexity index is 466. The second kappa shape index (κ2) is 11.4. The molecule has 0 fully saturated rings. The van der Waals surface area contributed by atoms with E-state index in [-0.39, 0.29) is 30.3 Å². The molecule has 0 aliphatic carbocycles. The van der Waals surface area contributed by atoms with Gasteiger partial charge in [-0.3, -0.25) is 9.59 Å². The van der Waals surface area contributed by atoms with Crippen LogP contribution >= 0.6 is 23.7 Å². The van der Waals surface area contributed by atoms with Crippen LogP contribution in [0.15, 0.2) is 16.8 Å². The van der Waals surface area contributed by atoms with Gasteiger partial charge in [-0.05, 0) is 30.2 Å². The molecule has 0 saturated heterocycles. The van der Waals surface area contributed by atoms with Crippen LogP contribution in [0.5, 0.6) is 0 Å². The zero-order valence-corrected chi connectivity index (χ0v) is 15.7. The smallest absolute Gasteiger partial charge is 0.252 e. The highest BCUT2D eigenvalue weighted by atomic mass is 35.5. The zero-order chi connectivity index (χ0) is 16.5. The van der Waals surface area contributed by atoms with Gasteiger partial charge >= 0.3 is 0 Å². The number of carbonyl (C=O) groups excluding carboxylic acids is 2. The quantitative estimate of drug-likeness (QED) is 0.663. The van der Waals surface area contributed by atoms with Gasteiger partial charge in [0.15, 0.2) is 0 Å².